The lowest BCUT2D eigenvalue weighted by molar-refractivity contribution is -0.0136. The highest BCUT2D eigenvalue weighted by molar-refractivity contribution is 5.14. The third-order valence-corrected chi connectivity index (χ3v) is 5.33. The molecule has 2 bridgehead atoms. The molecule has 3 aliphatic carbocycles. The highest BCUT2D eigenvalue weighted by Gasteiger charge is 2.66. The van der Waals surface area contributed by atoms with Gasteiger partial charge < -0.3 is 4.74 Å². The molecule has 0 aromatic carbocycles. The average molecular weight is 178 g/mol. The van der Waals surface area contributed by atoms with Crippen LogP contribution in [0.3, 0.4) is 0 Å². The van der Waals surface area contributed by atoms with Gasteiger partial charge in [0, 0.05) is 5.41 Å². The molecule has 3 saturated carbocycles. The van der Waals surface area contributed by atoms with Crippen LogP contribution < -0.4 is 0 Å². The van der Waals surface area contributed by atoms with Crippen LogP contribution in [-0.2, 0) is 4.74 Å². The molecule has 4 aliphatic rings. The Morgan fingerprint density at radius 3 is 3.15 bits per heavy atom. The maximum Gasteiger partial charge on any atom is 0.0900 e. The minimum atomic E-state index is 0.700. The maximum atomic E-state index is 5.80. The summed E-state index contributed by atoms with van der Waals surface area (Å²) in [5.74, 6) is 2.14. The van der Waals surface area contributed by atoms with Gasteiger partial charge in [-0.05, 0) is 37.5 Å². The van der Waals surface area contributed by atoms with E-state index in [-0.39, 0.29) is 0 Å². The molecule has 13 heavy (non-hydrogen) atoms. The van der Waals surface area contributed by atoms with Crippen LogP contribution in [0.15, 0.2) is 0 Å². The summed E-state index contributed by atoms with van der Waals surface area (Å²) in [6, 6.07) is 0. The van der Waals surface area contributed by atoms with Gasteiger partial charge in [-0.15, -0.1) is 0 Å². The second-order valence-electron chi connectivity index (χ2n) is 5.80. The highest BCUT2D eigenvalue weighted by Crippen LogP contribution is 2.66. The molecule has 5 unspecified atom stereocenters. The molecule has 1 spiro atoms. The van der Waals surface area contributed by atoms with Crippen LogP contribution in [-0.4, -0.2) is 12.2 Å². The van der Waals surface area contributed by atoms with Crippen LogP contribution in [0.25, 0.3) is 0 Å². The minimum absolute atomic E-state index is 0.700. The third kappa shape index (κ3) is 0.782. The SMILES string of the molecule is C1CC2CCC3CC4OC4C3(C1)C2. The molecule has 0 N–H and O–H groups in total. The first-order chi connectivity index (χ1) is 6.38. The van der Waals surface area contributed by atoms with E-state index in [9.17, 15) is 0 Å². The molecular weight excluding hydrogens is 160 g/mol. The van der Waals surface area contributed by atoms with Gasteiger partial charge in [0.1, 0.15) is 0 Å². The van der Waals surface area contributed by atoms with Crippen LogP contribution in [0.4, 0.5) is 0 Å². The fraction of sp³-hybridized carbons (Fsp3) is 1.00. The second kappa shape index (κ2) is 2.13. The molecule has 72 valence electrons. The smallest absolute Gasteiger partial charge is 0.0900 e. The molecule has 1 aliphatic heterocycles. The lowest BCUT2D eigenvalue weighted by atomic mass is 9.57. The first-order valence-corrected chi connectivity index (χ1v) is 6.04. The zero-order chi connectivity index (χ0) is 8.47. The molecule has 0 radical (unpaired) electrons. The molecule has 4 rings (SSSR count). The van der Waals surface area contributed by atoms with Crippen LogP contribution in [0, 0.1) is 17.3 Å². The van der Waals surface area contributed by atoms with Crippen molar-refractivity contribution in [1.29, 1.82) is 0 Å². The molecule has 1 heterocycles. The quantitative estimate of drug-likeness (QED) is 0.520. The first kappa shape index (κ1) is 7.28. The number of hydrogen-bond donors (Lipinski definition) is 0. The molecule has 0 aromatic rings. The standard InChI is InChI=1S/C12H18O/c1-2-8-3-4-9-6-10-11(13-10)12(9,5-1)7-8/h8-11H,1-7H2. The summed E-state index contributed by atoms with van der Waals surface area (Å²) >= 11 is 0. The summed E-state index contributed by atoms with van der Waals surface area (Å²) in [6.07, 6.45) is 11.9. The number of fused-ring (bicyclic) bond motifs is 2. The number of ether oxygens (including phenoxy) is 1. The van der Waals surface area contributed by atoms with Crippen molar-refractivity contribution in [1.82, 2.24) is 0 Å². The largest absolute Gasteiger partial charge is 0.369 e. The van der Waals surface area contributed by atoms with Crippen molar-refractivity contribution in [2.45, 2.75) is 57.2 Å². The molecule has 4 fully saturated rings. The molecular formula is C12H18O. The average Bonchev–Trinajstić information content (AvgIpc) is 2.86. The van der Waals surface area contributed by atoms with Crippen LogP contribution in [0.2, 0.25) is 0 Å². The Labute approximate surface area is 79.8 Å². The summed E-state index contributed by atoms with van der Waals surface area (Å²) in [7, 11) is 0. The van der Waals surface area contributed by atoms with Crippen LogP contribution >= 0.6 is 0 Å². The summed E-state index contributed by atoms with van der Waals surface area (Å²) in [6.45, 7) is 0. The number of epoxide rings is 1. The van der Waals surface area contributed by atoms with Gasteiger partial charge in [0.2, 0.25) is 0 Å². The van der Waals surface area contributed by atoms with Crippen molar-refractivity contribution in [2.75, 3.05) is 0 Å². The summed E-state index contributed by atoms with van der Waals surface area (Å²) in [5.41, 5.74) is 0.700. The van der Waals surface area contributed by atoms with E-state index in [0.29, 0.717) is 11.5 Å². The Bertz CT molecular complexity index is 250. The lowest BCUT2D eigenvalue weighted by Crippen LogP contribution is -2.41. The zero-order valence-electron chi connectivity index (χ0n) is 8.17. The van der Waals surface area contributed by atoms with Crippen molar-refractivity contribution < 1.29 is 4.74 Å². The van der Waals surface area contributed by atoms with E-state index in [1.165, 1.54) is 44.9 Å². The highest BCUT2D eigenvalue weighted by atomic mass is 16.6. The fourth-order valence-corrected chi connectivity index (χ4v) is 4.75. The molecule has 1 nitrogen and oxygen atoms in total. The van der Waals surface area contributed by atoms with E-state index < -0.39 is 0 Å². The second-order valence-corrected chi connectivity index (χ2v) is 5.80. The van der Waals surface area contributed by atoms with E-state index >= 15 is 0 Å². The zero-order valence-corrected chi connectivity index (χ0v) is 8.17. The van der Waals surface area contributed by atoms with Gasteiger partial charge in [0.05, 0.1) is 12.2 Å². The Hall–Kier alpha value is -0.0400. The van der Waals surface area contributed by atoms with E-state index in [0.717, 1.165) is 17.9 Å². The third-order valence-electron chi connectivity index (χ3n) is 5.33. The lowest BCUT2D eigenvalue weighted by Gasteiger charge is -2.48. The van der Waals surface area contributed by atoms with Crippen LogP contribution in [0.5, 0.6) is 0 Å². The van der Waals surface area contributed by atoms with Gasteiger partial charge in [0.15, 0.2) is 0 Å². The molecule has 0 aromatic heterocycles. The van der Waals surface area contributed by atoms with E-state index in [4.69, 9.17) is 4.74 Å². The monoisotopic (exact) mass is 178 g/mol. The van der Waals surface area contributed by atoms with Gasteiger partial charge in [-0.25, -0.2) is 0 Å². The fourth-order valence-electron chi connectivity index (χ4n) is 4.75. The number of rotatable bonds is 0. The van der Waals surface area contributed by atoms with Crippen molar-refractivity contribution in [3.63, 3.8) is 0 Å². The predicted octanol–water partition coefficient (Wildman–Crippen LogP) is 2.74. The molecule has 1 saturated heterocycles. The van der Waals surface area contributed by atoms with Gasteiger partial charge in [0.25, 0.3) is 0 Å². The summed E-state index contributed by atoms with van der Waals surface area (Å²) in [4.78, 5) is 0. The Balaban J connectivity index is 1.74. The van der Waals surface area contributed by atoms with Crippen LogP contribution in [0.1, 0.15) is 44.9 Å². The molecule has 5 atom stereocenters. The predicted molar refractivity (Wildman–Crippen MR) is 50.4 cm³/mol. The topological polar surface area (TPSA) is 12.5 Å². The van der Waals surface area contributed by atoms with Crippen molar-refractivity contribution >= 4 is 0 Å². The normalized spacial score (nSPS) is 62.8. The van der Waals surface area contributed by atoms with Crippen molar-refractivity contribution in [3.05, 3.63) is 0 Å². The molecule has 0 amide bonds. The minimum Gasteiger partial charge on any atom is -0.369 e. The molecule has 1 heteroatoms. The van der Waals surface area contributed by atoms with Gasteiger partial charge in [-0.2, -0.15) is 0 Å². The van der Waals surface area contributed by atoms with Gasteiger partial charge in [-0.1, -0.05) is 19.3 Å². The van der Waals surface area contributed by atoms with Gasteiger partial charge in [-0.3, -0.25) is 0 Å². The Kier molecular flexibility index (Phi) is 1.19. The Morgan fingerprint density at radius 2 is 2.15 bits per heavy atom. The van der Waals surface area contributed by atoms with E-state index in [1.54, 1.807) is 0 Å². The van der Waals surface area contributed by atoms with E-state index in [2.05, 4.69) is 0 Å². The van der Waals surface area contributed by atoms with Crippen molar-refractivity contribution in [3.8, 4) is 0 Å². The number of hydrogen-bond acceptors (Lipinski definition) is 1. The summed E-state index contributed by atoms with van der Waals surface area (Å²) in [5, 5.41) is 0. The Morgan fingerprint density at radius 1 is 1.15 bits per heavy atom. The van der Waals surface area contributed by atoms with Gasteiger partial charge >= 0.3 is 0 Å². The first-order valence-electron chi connectivity index (χ1n) is 6.04. The van der Waals surface area contributed by atoms with E-state index in [1.807, 2.05) is 0 Å². The van der Waals surface area contributed by atoms with Crippen molar-refractivity contribution in [2.24, 2.45) is 17.3 Å². The summed E-state index contributed by atoms with van der Waals surface area (Å²) < 4.78 is 5.80. The maximum absolute atomic E-state index is 5.80.